The Balaban J connectivity index is 1.76. The van der Waals surface area contributed by atoms with Gasteiger partial charge in [0.25, 0.3) is 0 Å². The zero-order valence-electron chi connectivity index (χ0n) is 16.7. The highest BCUT2D eigenvalue weighted by Crippen LogP contribution is 2.41. The van der Waals surface area contributed by atoms with Crippen molar-refractivity contribution in [1.82, 2.24) is 19.7 Å². The maximum absolute atomic E-state index is 11.8. The van der Waals surface area contributed by atoms with Gasteiger partial charge >= 0.3 is 0 Å². The Labute approximate surface area is 174 Å². The summed E-state index contributed by atoms with van der Waals surface area (Å²) in [6.07, 6.45) is 6.29. The van der Waals surface area contributed by atoms with Crippen LogP contribution in [0.5, 0.6) is 11.6 Å². The van der Waals surface area contributed by atoms with Crippen LogP contribution in [-0.2, 0) is 10.0 Å². The SMILES string of the molecule is Cc1cc(C2CC2)nc(C)c1Oc1nc(-n2cc(C#N)cn2)ccc1NS(C)(=O)=O. The molecule has 0 aliphatic heterocycles. The van der Waals surface area contributed by atoms with Gasteiger partial charge in [0.1, 0.15) is 11.8 Å². The standard InChI is InChI=1S/C20H20N6O3S/c1-12-8-17(15-4-5-15)23-13(2)19(12)29-20-16(25-30(3,27)28)6-7-18(24-20)26-11-14(9-21)10-22-26/h6-8,10-11,15,25H,4-5H2,1-3H3. The van der Waals surface area contributed by atoms with Gasteiger partial charge in [0.05, 0.1) is 29.9 Å². The van der Waals surface area contributed by atoms with Gasteiger partial charge in [-0.3, -0.25) is 9.71 Å². The average molecular weight is 424 g/mol. The fourth-order valence-electron chi connectivity index (χ4n) is 3.11. The van der Waals surface area contributed by atoms with Gasteiger partial charge in [0.15, 0.2) is 11.6 Å². The third-order valence-electron chi connectivity index (χ3n) is 4.63. The molecule has 3 aromatic heterocycles. The van der Waals surface area contributed by atoms with Gasteiger partial charge in [0, 0.05) is 11.6 Å². The number of pyridine rings is 2. The average Bonchev–Trinajstić information content (AvgIpc) is 3.41. The lowest BCUT2D eigenvalue weighted by molar-refractivity contribution is 0.453. The number of ether oxygens (including phenoxy) is 1. The summed E-state index contributed by atoms with van der Waals surface area (Å²) in [5.74, 6) is 1.48. The monoisotopic (exact) mass is 424 g/mol. The van der Waals surface area contributed by atoms with Crippen LogP contribution in [0.25, 0.3) is 5.82 Å². The number of sulfonamides is 1. The van der Waals surface area contributed by atoms with E-state index >= 15 is 0 Å². The normalized spacial score (nSPS) is 13.7. The Morgan fingerprint density at radius 1 is 1.27 bits per heavy atom. The van der Waals surface area contributed by atoms with Crippen LogP contribution in [0.4, 0.5) is 5.69 Å². The summed E-state index contributed by atoms with van der Waals surface area (Å²) in [5, 5.41) is 13.1. The van der Waals surface area contributed by atoms with E-state index in [4.69, 9.17) is 10.00 Å². The van der Waals surface area contributed by atoms with Crippen LogP contribution in [0.15, 0.2) is 30.6 Å². The number of nitrogens with zero attached hydrogens (tertiary/aromatic N) is 5. The maximum atomic E-state index is 11.8. The molecular formula is C20H20N6O3S. The van der Waals surface area contributed by atoms with E-state index in [0.717, 1.165) is 30.4 Å². The summed E-state index contributed by atoms with van der Waals surface area (Å²) >= 11 is 0. The molecule has 1 aliphatic carbocycles. The molecule has 10 heteroatoms. The molecule has 1 N–H and O–H groups in total. The molecule has 9 nitrogen and oxygen atoms in total. The number of aryl methyl sites for hydroxylation is 2. The second kappa shape index (κ2) is 7.42. The Morgan fingerprint density at radius 3 is 2.63 bits per heavy atom. The van der Waals surface area contributed by atoms with E-state index in [0.29, 0.717) is 28.7 Å². The Kier molecular flexibility index (Phi) is 4.91. The van der Waals surface area contributed by atoms with Crippen LogP contribution in [0.1, 0.15) is 41.3 Å². The van der Waals surface area contributed by atoms with Crippen molar-refractivity contribution in [3.8, 4) is 23.5 Å². The van der Waals surface area contributed by atoms with E-state index in [1.807, 2.05) is 26.0 Å². The van der Waals surface area contributed by atoms with Crippen LogP contribution >= 0.6 is 0 Å². The van der Waals surface area contributed by atoms with E-state index in [9.17, 15) is 8.42 Å². The Bertz CT molecular complexity index is 1250. The topological polar surface area (TPSA) is 123 Å². The molecule has 0 amide bonds. The molecule has 4 rings (SSSR count). The quantitative estimate of drug-likeness (QED) is 0.644. The number of anilines is 1. The summed E-state index contributed by atoms with van der Waals surface area (Å²) in [6.45, 7) is 3.78. The number of hydrogen-bond acceptors (Lipinski definition) is 7. The van der Waals surface area contributed by atoms with Crippen molar-refractivity contribution < 1.29 is 13.2 Å². The lowest BCUT2D eigenvalue weighted by Gasteiger charge is -2.16. The third kappa shape index (κ3) is 4.26. The maximum Gasteiger partial charge on any atom is 0.246 e. The minimum Gasteiger partial charge on any atom is -0.435 e. The van der Waals surface area contributed by atoms with Gasteiger partial charge in [-0.25, -0.2) is 13.1 Å². The smallest absolute Gasteiger partial charge is 0.246 e. The van der Waals surface area contributed by atoms with E-state index in [1.54, 1.807) is 12.1 Å². The number of hydrogen-bond donors (Lipinski definition) is 1. The predicted octanol–water partition coefficient (Wildman–Crippen LogP) is 3.19. The van der Waals surface area contributed by atoms with Crippen molar-refractivity contribution in [3.63, 3.8) is 0 Å². The van der Waals surface area contributed by atoms with E-state index in [1.165, 1.54) is 17.1 Å². The van der Waals surface area contributed by atoms with Gasteiger partial charge in [-0.2, -0.15) is 15.3 Å². The lowest BCUT2D eigenvalue weighted by atomic mass is 10.1. The van der Waals surface area contributed by atoms with Gasteiger partial charge in [0.2, 0.25) is 15.9 Å². The molecule has 0 spiro atoms. The second-order valence-electron chi connectivity index (χ2n) is 7.34. The summed E-state index contributed by atoms with van der Waals surface area (Å²) in [7, 11) is -3.55. The van der Waals surface area contributed by atoms with E-state index in [2.05, 4.69) is 19.8 Å². The molecule has 1 aliphatic rings. The molecule has 1 saturated carbocycles. The summed E-state index contributed by atoms with van der Waals surface area (Å²) in [6, 6.07) is 7.14. The van der Waals surface area contributed by atoms with Crippen molar-refractivity contribution in [1.29, 1.82) is 5.26 Å². The van der Waals surface area contributed by atoms with Crippen molar-refractivity contribution >= 4 is 15.7 Å². The van der Waals surface area contributed by atoms with Crippen molar-refractivity contribution in [2.45, 2.75) is 32.6 Å². The third-order valence-corrected chi connectivity index (χ3v) is 5.22. The molecule has 30 heavy (non-hydrogen) atoms. The van der Waals surface area contributed by atoms with Crippen LogP contribution in [0, 0.1) is 25.2 Å². The first-order valence-electron chi connectivity index (χ1n) is 9.33. The predicted molar refractivity (Wildman–Crippen MR) is 110 cm³/mol. The van der Waals surface area contributed by atoms with Crippen LogP contribution in [0.2, 0.25) is 0 Å². The van der Waals surface area contributed by atoms with Crippen LogP contribution < -0.4 is 9.46 Å². The fourth-order valence-corrected chi connectivity index (χ4v) is 3.66. The molecule has 0 saturated heterocycles. The van der Waals surface area contributed by atoms with Crippen molar-refractivity contribution in [2.24, 2.45) is 0 Å². The molecule has 3 aromatic rings. The van der Waals surface area contributed by atoms with Gasteiger partial charge in [-0.15, -0.1) is 0 Å². The second-order valence-corrected chi connectivity index (χ2v) is 9.09. The fraction of sp³-hybridized carbons (Fsp3) is 0.300. The zero-order chi connectivity index (χ0) is 21.5. The first kappa shape index (κ1) is 19.8. The molecule has 154 valence electrons. The molecule has 0 atom stereocenters. The van der Waals surface area contributed by atoms with Crippen LogP contribution in [-0.4, -0.2) is 34.4 Å². The first-order valence-corrected chi connectivity index (χ1v) is 11.2. The minimum atomic E-state index is -3.55. The molecule has 1 fully saturated rings. The highest BCUT2D eigenvalue weighted by atomic mass is 32.2. The highest BCUT2D eigenvalue weighted by molar-refractivity contribution is 7.92. The van der Waals surface area contributed by atoms with Gasteiger partial charge < -0.3 is 4.74 Å². The van der Waals surface area contributed by atoms with Crippen molar-refractivity contribution in [2.75, 3.05) is 11.0 Å². The first-order chi connectivity index (χ1) is 14.2. The lowest BCUT2D eigenvalue weighted by Crippen LogP contribution is -2.12. The molecule has 0 radical (unpaired) electrons. The number of nitriles is 1. The van der Waals surface area contributed by atoms with Crippen LogP contribution in [0.3, 0.4) is 0 Å². The Morgan fingerprint density at radius 2 is 2.03 bits per heavy atom. The molecule has 0 aromatic carbocycles. The zero-order valence-corrected chi connectivity index (χ0v) is 17.6. The summed E-state index contributed by atoms with van der Waals surface area (Å²) in [4.78, 5) is 9.08. The van der Waals surface area contributed by atoms with E-state index in [-0.39, 0.29) is 11.6 Å². The molecule has 3 heterocycles. The molecule has 0 unspecified atom stereocenters. The number of nitrogens with one attached hydrogen (secondary N) is 1. The van der Waals surface area contributed by atoms with Gasteiger partial charge in [-0.1, -0.05) is 0 Å². The molecule has 0 bridgehead atoms. The molecular weight excluding hydrogens is 404 g/mol. The van der Waals surface area contributed by atoms with Gasteiger partial charge in [-0.05, 0) is 50.5 Å². The number of aromatic nitrogens is 4. The summed E-state index contributed by atoms with van der Waals surface area (Å²) in [5.41, 5.74) is 3.23. The van der Waals surface area contributed by atoms with E-state index < -0.39 is 10.0 Å². The van der Waals surface area contributed by atoms with Crippen molar-refractivity contribution in [3.05, 3.63) is 53.1 Å². The minimum absolute atomic E-state index is 0.0686. The number of rotatable bonds is 6. The summed E-state index contributed by atoms with van der Waals surface area (Å²) < 4.78 is 33.5. The largest absolute Gasteiger partial charge is 0.435 e. The Hall–Kier alpha value is -3.45. The highest BCUT2D eigenvalue weighted by Gasteiger charge is 2.26.